The lowest BCUT2D eigenvalue weighted by Crippen LogP contribution is -2.06. The Kier molecular flexibility index (Phi) is 4.15. The molecule has 0 unspecified atom stereocenters. The highest BCUT2D eigenvalue weighted by molar-refractivity contribution is 5.87. The molecule has 0 aliphatic carbocycles. The van der Waals surface area contributed by atoms with Gasteiger partial charge in [-0.3, -0.25) is 0 Å². The van der Waals surface area contributed by atoms with Gasteiger partial charge in [-0.2, -0.15) is 0 Å². The monoisotopic (exact) mass is 244 g/mol. The highest BCUT2D eigenvalue weighted by Crippen LogP contribution is 2.24. The summed E-state index contributed by atoms with van der Waals surface area (Å²) in [5.41, 5.74) is 6.54. The Balaban J connectivity index is 2.29. The number of rotatable bonds is 5. The quantitative estimate of drug-likeness (QED) is 0.879. The van der Waals surface area contributed by atoms with Crippen molar-refractivity contribution in [3.8, 4) is 5.88 Å². The molecule has 1 heterocycles. The number of aromatic nitrogens is 1. The second-order valence-electron chi connectivity index (χ2n) is 4.87. The maximum atomic E-state index is 5.81. The summed E-state index contributed by atoms with van der Waals surface area (Å²) in [5.74, 6) is 1.34. The minimum Gasteiger partial charge on any atom is -0.477 e. The van der Waals surface area contributed by atoms with E-state index in [1.165, 1.54) is 0 Å². The Morgan fingerprint density at radius 1 is 1.28 bits per heavy atom. The Hall–Kier alpha value is -1.61. The summed E-state index contributed by atoms with van der Waals surface area (Å²) in [6, 6.07) is 10.1. The van der Waals surface area contributed by atoms with E-state index in [1.54, 1.807) is 0 Å². The third kappa shape index (κ3) is 2.99. The van der Waals surface area contributed by atoms with Crippen molar-refractivity contribution in [2.75, 3.05) is 6.61 Å². The zero-order valence-electron chi connectivity index (χ0n) is 11.0. The summed E-state index contributed by atoms with van der Waals surface area (Å²) in [7, 11) is 0. The molecule has 2 N–H and O–H groups in total. The van der Waals surface area contributed by atoms with Crippen LogP contribution >= 0.6 is 0 Å². The van der Waals surface area contributed by atoms with E-state index in [0.717, 1.165) is 22.9 Å². The van der Waals surface area contributed by atoms with E-state index in [-0.39, 0.29) is 0 Å². The molecule has 0 atom stereocenters. The topological polar surface area (TPSA) is 48.1 Å². The number of nitrogens with zero attached hydrogens (tertiary/aromatic N) is 1. The first kappa shape index (κ1) is 12.8. The van der Waals surface area contributed by atoms with Crippen molar-refractivity contribution in [3.63, 3.8) is 0 Å². The fourth-order valence-electron chi connectivity index (χ4n) is 1.83. The van der Waals surface area contributed by atoms with E-state index < -0.39 is 0 Å². The van der Waals surface area contributed by atoms with Gasteiger partial charge in [-0.1, -0.05) is 32.0 Å². The van der Waals surface area contributed by atoms with Crippen LogP contribution in [0.1, 0.15) is 26.0 Å². The molecule has 18 heavy (non-hydrogen) atoms. The Labute approximate surface area is 108 Å². The first-order valence-corrected chi connectivity index (χ1v) is 6.42. The molecule has 0 aliphatic rings. The van der Waals surface area contributed by atoms with Gasteiger partial charge in [0.25, 0.3) is 0 Å². The molecule has 0 saturated heterocycles. The van der Waals surface area contributed by atoms with Crippen molar-refractivity contribution >= 4 is 10.8 Å². The molecule has 0 spiro atoms. The van der Waals surface area contributed by atoms with Crippen LogP contribution in [0.25, 0.3) is 10.8 Å². The Bertz CT molecular complexity index is 523. The van der Waals surface area contributed by atoms with Crippen molar-refractivity contribution in [2.24, 2.45) is 11.7 Å². The first-order chi connectivity index (χ1) is 8.70. The number of hydrogen-bond acceptors (Lipinski definition) is 3. The van der Waals surface area contributed by atoms with Gasteiger partial charge in [0.15, 0.2) is 0 Å². The number of pyridine rings is 1. The van der Waals surface area contributed by atoms with Gasteiger partial charge in [0.05, 0.1) is 12.3 Å². The highest BCUT2D eigenvalue weighted by atomic mass is 16.5. The molecule has 2 rings (SSSR count). The summed E-state index contributed by atoms with van der Waals surface area (Å²) in [4.78, 5) is 4.47. The van der Waals surface area contributed by atoms with Crippen LogP contribution in [0.4, 0.5) is 0 Å². The summed E-state index contributed by atoms with van der Waals surface area (Å²) in [6.07, 6.45) is 1.03. The third-order valence-electron chi connectivity index (χ3n) is 2.90. The van der Waals surface area contributed by atoms with Gasteiger partial charge >= 0.3 is 0 Å². The summed E-state index contributed by atoms with van der Waals surface area (Å²) >= 11 is 0. The average Bonchev–Trinajstić information content (AvgIpc) is 2.38. The summed E-state index contributed by atoms with van der Waals surface area (Å²) in [5, 5.41) is 2.19. The lowest BCUT2D eigenvalue weighted by atomic mass is 10.1. The van der Waals surface area contributed by atoms with Gasteiger partial charge in [0, 0.05) is 11.9 Å². The highest BCUT2D eigenvalue weighted by Gasteiger charge is 2.06. The summed E-state index contributed by atoms with van der Waals surface area (Å²) < 4.78 is 5.81. The molecule has 1 aromatic heterocycles. The second-order valence-corrected chi connectivity index (χ2v) is 4.87. The van der Waals surface area contributed by atoms with Crippen molar-refractivity contribution in [3.05, 3.63) is 36.0 Å². The standard InChI is InChI=1S/C15H20N2O/c1-11(2)7-8-18-15-14-6-4-3-5-12(14)9-13(10-16)17-15/h3-6,9,11H,7-8,10,16H2,1-2H3. The number of hydrogen-bond donors (Lipinski definition) is 1. The molecule has 0 radical (unpaired) electrons. The van der Waals surface area contributed by atoms with E-state index in [9.17, 15) is 0 Å². The zero-order chi connectivity index (χ0) is 13.0. The molecular weight excluding hydrogens is 224 g/mol. The lowest BCUT2D eigenvalue weighted by Gasteiger charge is -2.11. The van der Waals surface area contributed by atoms with Gasteiger partial charge in [0.1, 0.15) is 0 Å². The Morgan fingerprint density at radius 3 is 2.78 bits per heavy atom. The smallest absolute Gasteiger partial charge is 0.221 e. The normalized spacial score (nSPS) is 11.1. The SMILES string of the molecule is CC(C)CCOc1nc(CN)cc2ccccc12. The maximum Gasteiger partial charge on any atom is 0.221 e. The van der Waals surface area contributed by atoms with Crippen molar-refractivity contribution in [1.29, 1.82) is 0 Å². The van der Waals surface area contributed by atoms with Crippen molar-refractivity contribution in [2.45, 2.75) is 26.8 Å². The average molecular weight is 244 g/mol. The van der Waals surface area contributed by atoms with Gasteiger partial charge in [-0.05, 0) is 29.9 Å². The fraction of sp³-hybridized carbons (Fsp3) is 0.400. The number of benzene rings is 1. The van der Waals surface area contributed by atoms with Crippen LogP contribution < -0.4 is 10.5 Å². The van der Waals surface area contributed by atoms with Gasteiger partial charge in [-0.25, -0.2) is 4.98 Å². The van der Waals surface area contributed by atoms with E-state index in [2.05, 4.69) is 24.9 Å². The second kappa shape index (κ2) is 5.83. The number of nitrogens with two attached hydrogens (primary N) is 1. The maximum absolute atomic E-state index is 5.81. The minimum atomic E-state index is 0.436. The number of ether oxygens (including phenoxy) is 1. The molecule has 3 nitrogen and oxygen atoms in total. The molecule has 0 fully saturated rings. The molecule has 2 aromatic rings. The van der Waals surface area contributed by atoms with Crippen LogP contribution in [-0.2, 0) is 6.54 Å². The van der Waals surface area contributed by atoms with Crippen molar-refractivity contribution < 1.29 is 4.74 Å². The van der Waals surface area contributed by atoms with Gasteiger partial charge < -0.3 is 10.5 Å². The predicted octanol–water partition coefficient (Wildman–Crippen LogP) is 3.12. The van der Waals surface area contributed by atoms with Gasteiger partial charge in [0.2, 0.25) is 5.88 Å². The molecule has 3 heteroatoms. The van der Waals surface area contributed by atoms with Crippen LogP contribution in [0.15, 0.2) is 30.3 Å². The summed E-state index contributed by atoms with van der Waals surface area (Å²) in [6.45, 7) is 5.50. The molecule has 0 bridgehead atoms. The lowest BCUT2D eigenvalue weighted by molar-refractivity contribution is 0.282. The van der Waals surface area contributed by atoms with Crippen LogP contribution in [0.5, 0.6) is 5.88 Å². The minimum absolute atomic E-state index is 0.436. The Morgan fingerprint density at radius 2 is 2.06 bits per heavy atom. The molecule has 1 aromatic carbocycles. The van der Waals surface area contributed by atoms with E-state index in [1.807, 2.05) is 24.3 Å². The number of fused-ring (bicyclic) bond motifs is 1. The molecule has 0 amide bonds. The molecule has 96 valence electrons. The van der Waals surface area contributed by atoms with E-state index >= 15 is 0 Å². The third-order valence-corrected chi connectivity index (χ3v) is 2.90. The molecule has 0 saturated carbocycles. The van der Waals surface area contributed by atoms with E-state index in [4.69, 9.17) is 10.5 Å². The van der Waals surface area contributed by atoms with Gasteiger partial charge in [-0.15, -0.1) is 0 Å². The fourth-order valence-corrected chi connectivity index (χ4v) is 1.83. The largest absolute Gasteiger partial charge is 0.477 e. The van der Waals surface area contributed by atoms with Crippen LogP contribution in [0.3, 0.4) is 0 Å². The van der Waals surface area contributed by atoms with Crippen LogP contribution in [0.2, 0.25) is 0 Å². The predicted molar refractivity (Wildman–Crippen MR) is 74.6 cm³/mol. The van der Waals surface area contributed by atoms with Crippen LogP contribution in [-0.4, -0.2) is 11.6 Å². The molecular formula is C15H20N2O. The molecule has 0 aliphatic heterocycles. The zero-order valence-corrected chi connectivity index (χ0v) is 11.0. The van der Waals surface area contributed by atoms with Crippen LogP contribution in [0, 0.1) is 5.92 Å². The first-order valence-electron chi connectivity index (χ1n) is 6.42. The van der Waals surface area contributed by atoms with Crippen molar-refractivity contribution in [1.82, 2.24) is 4.98 Å². The van der Waals surface area contributed by atoms with E-state index in [0.29, 0.717) is 24.9 Å².